The summed E-state index contributed by atoms with van der Waals surface area (Å²) < 4.78 is 5.59. The highest BCUT2D eigenvalue weighted by Gasteiger charge is 2.37. The molecule has 0 aliphatic heterocycles. The summed E-state index contributed by atoms with van der Waals surface area (Å²) >= 11 is 0. The zero-order valence-electron chi connectivity index (χ0n) is 32.3. The van der Waals surface area contributed by atoms with Crippen molar-refractivity contribution >= 4 is 43.1 Å². The standard InChI is InChI=1S/C54H42O/c1-31-15-17-32(18-16-31)39-23-34-25-42-35(26-41(34)45-29-51-47(27-43(39)45)37-11-7-9-13-49(37)53(51,2)3)24-40(33-19-21-36(55-6)22-20-33)44-28-48-38-12-8-10-14-50(38)54(4,5)52(48)30-46(42)44/h7-30H,1-6H3. The third kappa shape index (κ3) is 4.47. The Labute approximate surface area is 322 Å². The van der Waals surface area contributed by atoms with Crippen LogP contribution in [0.2, 0.25) is 0 Å². The van der Waals surface area contributed by atoms with Gasteiger partial charge in [-0.15, -0.1) is 0 Å². The number of hydrogen-bond donors (Lipinski definition) is 0. The van der Waals surface area contributed by atoms with Crippen LogP contribution in [0, 0.1) is 6.92 Å². The maximum Gasteiger partial charge on any atom is 0.118 e. The average molecular weight is 707 g/mol. The molecule has 55 heavy (non-hydrogen) atoms. The van der Waals surface area contributed by atoms with Crippen molar-refractivity contribution in [2.45, 2.75) is 45.4 Å². The van der Waals surface area contributed by atoms with E-state index in [2.05, 4.69) is 180 Å². The highest BCUT2D eigenvalue weighted by Crippen LogP contribution is 2.54. The topological polar surface area (TPSA) is 9.23 Å². The quantitative estimate of drug-likeness (QED) is 0.131. The van der Waals surface area contributed by atoms with Crippen LogP contribution in [-0.4, -0.2) is 7.11 Å². The second-order valence-electron chi connectivity index (χ2n) is 17.0. The van der Waals surface area contributed by atoms with E-state index in [1.165, 1.54) is 115 Å². The zero-order valence-corrected chi connectivity index (χ0v) is 32.3. The molecule has 264 valence electrons. The van der Waals surface area contributed by atoms with Gasteiger partial charge >= 0.3 is 0 Å². The van der Waals surface area contributed by atoms with Gasteiger partial charge in [-0.2, -0.15) is 0 Å². The summed E-state index contributed by atoms with van der Waals surface area (Å²) in [5, 5.41) is 10.3. The van der Waals surface area contributed by atoms with Gasteiger partial charge in [-0.25, -0.2) is 0 Å². The first kappa shape index (κ1) is 32.3. The Hall–Kier alpha value is -6.18. The zero-order chi connectivity index (χ0) is 37.4. The molecule has 1 nitrogen and oxygen atoms in total. The van der Waals surface area contributed by atoms with Crippen molar-refractivity contribution < 1.29 is 4.74 Å². The predicted octanol–water partition coefficient (Wildman–Crippen LogP) is 14.6. The van der Waals surface area contributed by atoms with Crippen molar-refractivity contribution in [3.63, 3.8) is 0 Å². The van der Waals surface area contributed by atoms with E-state index in [9.17, 15) is 0 Å². The molecule has 0 heterocycles. The minimum Gasteiger partial charge on any atom is -0.497 e. The molecule has 0 unspecified atom stereocenters. The number of benzene rings is 9. The number of aryl methyl sites for hydroxylation is 1. The van der Waals surface area contributed by atoms with E-state index in [-0.39, 0.29) is 10.8 Å². The van der Waals surface area contributed by atoms with Crippen molar-refractivity contribution in [1.29, 1.82) is 0 Å². The second kappa shape index (κ2) is 11.2. The summed E-state index contributed by atoms with van der Waals surface area (Å²) in [5.41, 5.74) is 17.0. The third-order valence-corrected chi connectivity index (χ3v) is 13.2. The van der Waals surface area contributed by atoms with Crippen LogP contribution in [0.25, 0.3) is 87.6 Å². The maximum atomic E-state index is 5.59. The lowest BCUT2D eigenvalue weighted by Crippen LogP contribution is -2.14. The van der Waals surface area contributed by atoms with Crippen molar-refractivity contribution in [3.8, 4) is 50.3 Å². The van der Waals surface area contributed by atoms with Crippen molar-refractivity contribution in [3.05, 3.63) is 173 Å². The lowest BCUT2D eigenvalue weighted by atomic mass is 9.80. The Morgan fingerprint density at radius 1 is 0.364 bits per heavy atom. The lowest BCUT2D eigenvalue weighted by Gasteiger charge is -2.23. The van der Waals surface area contributed by atoms with Crippen LogP contribution in [0.1, 0.15) is 55.5 Å². The van der Waals surface area contributed by atoms with Crippen LogP contribution in [0.15, 0.2) is 146 Å². The molecular formula is C54H42O. The molecule has 9 aromatic rings. The SMILES string of the molecule is COc1ccc(-c2cc3cc4c(cc(-c5ccc(C)cc5)c5cc6c(cc54)C(C)(C)c4ccccc4-6)cc3c3cc4c(cc23)-c2ccccc2C4(C)C)cc1. The van der Waals surface area contributed by atoms with Gasteiger partial charge in [0.25, 0.3) is 0 Å². The fraction of sp³-hybridized carbons (Fsp3) is 0.148. The smallest absolute Gasteiger partial charge is 0.118 e. The molecule has 0 atom stereocenters. The summed E-state index contributed by atoms with van der Waals surface area (Å²) in [6.45, 7) is 11.7. The first-order valence-corrected chi connectivity index (χ1v) is 19.5. The van der Waals surface area contributed by atoms with E-state index >= 15 is 0 Å². The Morgan fingerprint density at radius 3 is 1.25 bits per heavy atom. The summed E-state index contributed by atoms with van der Waals surface area (Å²) in [6.07, 6.45) is 0. The molecule has 0 bridgehead atoms. The van der Waals surface area contributed by atoms with E-state index < -0.39 is 0 Å². The molecule has 0 N–H and O–H groups in total. The van der Waals surface area contributed by atoms with E-state index in [0.717, 1.165) is 5.75 Å². The van der Waals surface area contributed by atoms with Crippen LogP contribution >= 0.6 is 0 Å². The average Bonchev–Trinajstić information content (AvgIpc) is 3.57. The van der Waals surface area contributed by atoms with Gasteiger partial charge in [-0.1, -0.05) is 118 Å². The fourth-order valence-corrected chi connectivity index (χ4v) is 10.2. The minimum atomic E-state index is -0.0982. The molecule has 2 aliphatic carbocycles. The van der Waals surface area contributed by atoms with Gasteiger partial charge in [0, 0.05) is 10.8 Å². The molecular weight excluding hydrogens is 665 g/mol. The van der Waals surface area contributed by atoms with Gasteiger partial charge in [0.05, 0.1) is 7.11 Å². The molecule has 11 rings (SSSR count). The highest BCUT2D eigenvalue weighted by molar-refractivity contribution is 6.23. The van der Waals surface area contributed by atoms with E-state index in [1.54, 1.807) is 7.11 Å². The van der Waals surface area contributed by atoms with E-state index in [0.29, 0.717) is 0 Å². The Kier molecular flexibility index (Phi) is 6.56. The summed E-state index contributed by atoms with van der Waals surface area (Å²) in [4.78, 5) is 0. The van der Waals surface area contributed by atoms with Crippen LogP contribution in [-0.2, 0) is 10.8 Å². The molecule has 0 spiro atoms. The van der Waals surface area contributed by atoms with Gasteiger partial charge in [-0.3, -0.25) is 0 Å². The molecule has 0 radical (unpaired) electrons. The molecule has 1 heteroatoms. The van der Waals surface area contributed by atoms with E-state index in [4.69, 9.17) is 4.74 Å². The van der Waals surface area contributed by atoms with Gasteiger partial charge < -0.3 is 4.74 Å². The maximum absolute atomic E-state index is 5.59. The highest BCUT2D eigenvalue weighted by atomic mass is 16.5. The first-order valence-electron chi connectivity index (χ1n) is 19.5. The lowest BCUT2D eigenvalue weighted by molar-refractivity contribution is 0.415. The minimum absolute atomic E-state index is 0.0916. The summed E-state index contributed by atoms with van der Waals surface area (Å²) in [7, 11) is 1.73. The Morgan fingerprint density at radius 2 is 0.800 bits per heavy atom. The number of fused-ring (bicyclic) bond motifs is 12. The number of hydrogen-bond acceptors (Lipinski definition) is 1. The van der Waals surface area contributed by atoms with E-state index in [1.807, 2.05) is 0 Å². The second-order valence-corrected chi connectivity index (χ2v) is 17.0. The van der Waals surface area contributed by atoms with Crippen molar-refractivity contribution in [2.24, 2.45) is 0 Å². The Balaban J connectivity index is 1.27. The van der Waals surface area contributed by atoms with Gasteiger partial charge in [0.2, 0.25) is 0 Å². The van der Waals surface area contributed by atoms with Gasteiger partial charge in [0.15, 0.2) is 0 Å². The van der Waals surface area contributed by atoms with Crippen molar-refractivity contribution in [1.82, 2.24) is 0 Å². The molecule has 0 amide bonds. The number of methoxy groups -OCH3 is 1. The summed E-state index contributed by atoms with van der Waals surface area (Å²) in [5.74, 6) is 0.866. The van der Waals surface area contributed by atoms with Crippen LogP contribution in [0.4, 0.5) is 0 Å². The monoisotopic (exact) mass is 706 g/mol. The van der Waals surface area contributed by atoms with Crippen LogP contribution in [0.3, 0.4) is 0 Å². The number of rotatable bonds is 3. The molecule has 0 fully saturated rings. The molecule has 0 aromatic heterocycles. The van der Waals surface area contributed by atoms with Crippen molar-refractivity contribution in [2.75, 3.05) is 7.11 Å². The summed E-state index contributed by atoms with van der Waals surface area (Å²) in [6, 6.07) is 55.4. The molecule has 0 saturated carbocycles. The first-order chi connectivity index (χ1) is 26.6. The third-order valence-electron chi connectivity index (χ3n) is 13.2. The molecule has 2 aliphatic rings. The molecule has 0 saturated heterocycles. The fourth-order valence-electron chi connectivity index (χ4n) is 10.2. The predicted molar refractivity (Wildman–Crippen MR) is 234 cm³/mol. The number of ether oxygens (including phenoxy) is 1. The Bertz CT molecular complexity index is 3100. The van der Waals surface area contributed by atoms with Crippen LogP contribution in [0.5, 0.6) is 5.75 Å². The van der Waals surface area contributed by atoms with Crippen LogP contribution < -0.4 is 4.74 Å². The van der Waals surface area contributed by atoms with Gasteiger partial charge in [0.1, 0.15) is 5.75 Å². The normalized spacial score (nSPS) is 14.7. The van der Waals surface area contributed by atoms with Gasteiger partial charge in [-0.05, 0) is 177 Å². The largest absolute Gasteiger partial charge is 0.497 e. The molecule has 9 aromatic carbocycles.